The first-order valence-electron chi connectivity index (χ1n) is 4.47. The first-order valence-corrected chi connectivity index (χ1v) is 5.59. The van der Waals surface area contributed by atoms with Crippen molar-refractivity contribution in [3.63, 3.8) is 0 Å². The highest BCUT2D eigenvalue weighted by Crippen LogP contribution is 2.07. The fraction of sp³-hybridized carbons (Fsp3) is 0.250. The molecule has 0 aromatic heterocycles. The standard InChI is InChI=1S/C12H11BrO2/c1-15-12(14)7-3-5-10-4-2-6-11(8-10)9-13/h2,4,6,8H,7,9H2,1H3. The van der Waals surface area contributed by atoms with Gasteiger partial charge in [-0.25, -0.2) is 0 Å². The van der Waals surface area contributed by atoms with Gasteiger partial charge in [0.15, 0.2) is 0 Å². The molecule has 0 bridgehead atoms. The molecular formula is C12H11BrO2. The summed E-state index contributed by atoms with van der Waals surface area (Å²) in [6, 6.07) is 7.86. The number of hydrogen-bond acceptors (Lipinski definition) is 2. The van der Waals surface area contributed by atoms with Crippen LogP contribution < -0.4 is 0 Å². The van der Waals surface area contributed by atoms with E-state index in [2.05, 4.69) is 32.5 Å². The van der Waals surface area contributed by atoms with Crippen molar-refractivity contribution in [2.75, 3.05) is 7.11 Å². The molecule has 3 heteroatoms. The second-order valence-electron chi connectivity index (χ2n) is 2.89. The summed E-state index contributed by atoms with van der Waals surface area (Å²) >= 11 is 3.37. The molecule has 0 spiro atoms. The Morgan fingerprint density at radius 2 is 2.33 bits per heavy atom. The van der Waals surface area contributed by atoms with Crippen molar-refractivity contribution in [2.45, 2.75) is 11.8 Å². The summed E-state index contributed by atoms with van der Waals surface area (Å²) in [7, 11) is 1.36. The highest BCUT2D eigenvalue weighted by atomic mass is 79.9. The number of methoxy groups -OCH3 is 1. The zero-order valence-electron chi connectivity index (χ0n) is 8.42. The van der Waals surface area contributed by atoms with Gasteiger partial charge in [-0.3, -0.25) is 4.79 Å². The van der Waals surface area contributed by atoms with Crippen LogP contribution in [-0.4, -0.2) is 13.1 Å². The van der Waals surface area contributed by atoms with Crippen LogP contribution in [-0.2, 0) is 14.9 Å². The largest absolute Gasteiger partial charge is 0.468 e. The number of hydrogen-bond donors (Lipinski definition) is 0. The van der Waals surface area contributed by atoms with Crippen molar-refractivity contribution < 1.29 is 9.53 Å². The van der Waals surface area contributed by atoms with Gasteiger partial charge in [0.2, 0.25) is 0 Å². The SMILES string of the molecule is COC(=O)CC#Cc1cccc(CBr)c1. The van der Waals surface area contributed by atoms with Crippen LogP contribution in [0.15, 0.2) is 24.3 Å². The first-order chi connectivity index (χ1) is 7.26. The van der Waals surface area contributed by atoms with E-state index in [0.717, 1.165) is 10.9 Å². The van der Waals surface area contributed by atoms with Crippen LogP contribution in [0.2, 0.25) is 0 Å². The Labute approximate surface area is 97.8 Å². The minimum absolute atomic E-state index is 0.134. The van der Waals surface area contributed by atoms with Crippen molar-refractivity contribution in [2.24, 2.45) is 0 Å². The number of alkyl halides is 1. The Morgan fingerprint density at radius 3 is 3.00 bits per heavy atom. The van der Waals surface area contributed by atoms with Gasteiger partial charge in [-0.1, -0.05) is 39.9 Å². The van der Waals surface area contributed by atoms with Gasteiger partial charge >= 0.3 is 5.97 Å². The third-order valence-corrected chi connectivity index (χ3v) is 2.42. The van der Waals surface area contributed by atoms with Crippen molar-refractivity contribution in [1.29, 1.82) is 0 Å². The van der Waals surface area contributed by atoms with E-state index >= 15 is 0 Å². The summed E-state index contributed by atoms with van der Waals surface area (Å²) in [5, 5.41) is 0.805. The molecule has 1 aromatic carbocycles. The number of ether oxygens (including phenoxy) is 1. The van der Waals surface area contributed by atoms with E-state index in [9.17, 15) is 4.79 Å². The zero-order valence-corrected chi connectivity index (χ0v) is 10.0. The van der Waals surface area contributed by atoms with Crippen molar-refractivity contribution in [3.05, 3.63) is 35.4 Å². The number of halogens is 1. The van der Waals surface area contributed by atoms with E-state index in [1.807, 2.05) is 24.3 Å². The second kappa shape index (κ2) is 6.26. The second-order valence-corrected chi connectivity index (χ2v) is 3.45. The van der Waals surface area contributed by atoms with Gasteiger partial charge < -0.3 is 4.74 Å². The predicted molar refractivity (Wildman–Crippen MR) is 62.6 cm³/mol. The molecule has 0 saturated carbocycles. The lowest BCUT2D eigenvalue weighted by atomic mass is 10.1. The van der Waals surface area contributed by atoms with Gasteiger partial charge in [-0.15, -0.1) is 0 Å². The zero-order chi connectivity index (χ0) is 11.1. The molecule has 0 fully saturated rings. The summed E-state index contributed by atoms with van der Waals surface area (Å²) in [5.74, 6) is 5.37. The fourth-order valence-electron chi connectivity index (χ4n) is 1.02. The average Bonchev–Trinajstić information content (AvgIpc) is 2.29. The maximum Gasteiger partial charge on any atom is 0.317 e. The molecule has 0 aliphatic heterocycles. The Hall–Kier alpha value is -1.27. The number of rotatable bonds is 2. The molecule has 15 heavy (non-hydrogen) atoms. The van der Waals surface area contributed by atoms with Gasteiger partial charge in [0.05, 0.1) is 7.11 Å². The van der Waals surface area contributed by atoms with Gasteiger partial charge in [0.1, 0.15) is 6.42 Å². The molecule has 0 amide bonds. The molecule has 78 valence electrons. The molecule has 0 saturated heterocycles. The summed E-state index contributed by atoms with van der Waals surface area (Å²) in [5.41, 5.74) is 2.08. The third-order valence-electron chi connectivity index (χ3n) is 1.77. The topological polar surface area (TPSA) is 26.3 Å². The lowest BCUT2D eigenvalue weighted by Gasteiger charge is -1.95. The monoisotopic (exact) mass is 266 g/mol. The minimum atomic E-state index is -0.306. The Morgan fingerprint density at radius 1 is 1.53 bits per heavy atom. The molecule has 0 unspecified atom stereocenters. The van der Waals surface area contributed by atoms with Crippen LogP contribution >= 0.6 is 15.9 Å². The van der Waals surface area contributed by atoms with Gasteiger partial charge in [-0.05, 0) is 17.7 Å². The molecule has 0 aliphatic rings. The quantitative estimate of drug-likeness (QED) is 0.467. The van der Waals surface area contributed by atoms with Gasteiger partial charge in [-0.2, -0.15) is 0 Å². The number of benzene rings is 1. The lowest BCUT2D eigenvalue weighted by molar-refractivity contribution is -0.139. The summed E-state index contributed by atoms with van der Waals surface area (Å²) in [6.07, 6.45) is 0.134. The molecular weight excluding hydrogens is 256 g/mol. The van der Waals surface area contributed by atoms with E-state index in [1.54, 1.807) is 0 Å². The molecule has 0 heterocycles. The fourth-order valence-corrected chi connectivity index (χ4v) is 1.37. The highest BCUT2D eigenvalue weighted by Gasteiger charge is 1.94. The average molecular weight is 267 g/mol. The molecule has 1 rings (SSSR count). The lowest BCUT2D eigenvalue weighted by Crippen LogP contribution is -1.97. The van der Waals surface area contributed by atoms with Crippen LogP contribution in [0.25, 0.3) is 0 Å². The first kappa shape index (κ1) is 11.8. The number of esters is 1. The van der Waals surface area contributed by atoms with Crippen LogP contribution in [0.5, 0.6) is 0 Å². The van der Waals surface area contributed by atoms with Gasteiger partial charge in [0.25, 0.3) is 0 Å². The summed E-state index contributed by atoms with van der Waals surface area (Å²) < 4.78 is 4.48. The van der Waals surface area contributed by atoms with Crippen molar-refractivity contribution in [1.82, 2.24) is 0 Å². The van der Waals surface area contributed by atoms with Crippen LogP contribution in [0.1, 0.15) is 17.5 Å². The van der Waals surface area contributed by atoms with E-state index in [-0.39, 0.29) is 12.4 Å². The van der Waals surface area contributed by atoms with Crippen LogP contribution in [0, 0.1) is 11.8 Å². The van der Waals surface area contributed by atoms with E-state index < -0.39 is 0 Å². The Bertz CT molecular complexity index is 402. The Kier molecular flexibility index (Phi) is 4.92. The molecule has 2 nitrogen and oxygen atoms in total. The predicted octanol–water partition coefficient (Wildman–Crippen LogP) is 2.50. The normalized spacial score (nSPS) is 8.93. The number of carbonyl (C=O) groups excluding carboxylic acids is 1. The maximum atomic E-state index is 10.8. The van der Waals surface area contributed by atoms with E-state index in [4.69, 9.17) is 0 Å². The highest BCUT2D eigenvalue weighted by molar-refractivity contribution is 9.08. The smallest absolute Gasteiger partial charge is 0.317 e. The molecule has 0 N–H and O–H groups in total. The van der Waals surface area contributed by atoms with Crippen molar-refractivity contribution >= 4 is 21.9 Å². The minimum Gasteiger partial charge on any atom is -0.468 e. The van der Waals surface area contributed by atoms with Crippen LogP contribution in [0.4, 0.5) is 0 Å². The van der Waals surface area contributed by atoms with Gasteiger partial charge in [0, 0.05) is 10.9 Å². The molecule has 1 aromatic rings. The molecule has 0 atom stereocenters. The summed E-state index contributed by atoms with van der Waals surface area (Å²) in [4.78, 5) is 10.8. The third kappa shape index (κ3) is 4.18. The van der Waals surface area contributed by atoms with E-state index in [0.29, 0.717) is 0 Å². The molecule has 0 radical (unpaired) electrons. The summed E-state index contributed by atoms with van der Waals surface area (Å²) in [6.45, 7) is 0. The van der Waals surface area contributed by atoms with Crippen LogP contribution in [0.3, 0.4) is 0 Å². The number of carbonyl (C=O) groups is 1. The maximum absolute atomic E-state index is 10.8. The molecule has 0 aliphatic carbocycles. The Balaban J connectivity index is 2.67. The van der Waals surface area contributed by atoms with E-state index in [1.165, 1.54) is 12.7 Å². The van der Waals surface area contributed by atoms with Crippen molar-refractivity contribution in [3.8, 4) is 11.8 Å².